The van der Waals surface area contributed by atoms with Gasteiger partial charge in [-0.3, -0.25) is 9.59 Å². The Bertz CT molecular complexity index is 1000. The van der Waals surface area contributed by atoms with Crippen molar-refractivity contribution < 1.29 is 19.1 Å². The molecule has 3 aromatic rings. The van der Waals surface area contributed by atoms with Gasteiger partial charge < -0.3 is 19.7 Å². The summed E-state index contributed by atoms with van der Waals surface area (Å²) < 4.78 is 11.4. The van der Waals surface area contributed by atoms with Gasteiger partial charge in [-0.15, -0.1) is 0 Å². The van der Waals surface area contributed by atoms with Crippen LogP contribution >= 0.6 is 0 Å². The number of hydrogen-bond donors (Lipinski definition) is 1. The van der Waals surface area contributed by atoms with Crippen LogP contribution in [0.5, 0.6) is 11.5 Å². The van der Waals surface area contributed by atoms with Crippen molar-refractivity contribution in [1.82, 2.24) is 10.2 Å². The summed E-state index contributed by atoms with van der Waals surface area (Å²) >= 11 is 0. The smallest absolute Gasteiger partial charge is 0.255 e. The number of amides is 2. The zero-order chi connectivity index (χ0) is 22.1. The van der Waals surface area contributed by atoms with Crippen molar-refractivity contribution in [3.63, 3.8) is 0 Å². The summed E-state index contributed by atoms with van der Waals surface area (Å²) in [5, 5.41) is 2.90. The Morgan fingerprint density at radius 2 is 1.45 bits per heavy atom. The summed E-state index contributed by atoms with van der Waals surface area (Å²) in [6, 6.07) is 23.8. The maximum absolute atomic E-state index is 12.7. The molecular weight excluding hydrogens is 392 g/mol. The van der Waals surface area contributed by atoms with Crippen molar-refractivity contribution in [3.05, 3.63) is 95.6 Å². The topological polar surface area (TPSA) is 67.9 Å². The fraction of sp³-hybridized carbons (Fsp3) is 0.200. The molecule has 0 spiro atoms. The number of ether oxygens (including phenoxy) is 2. The highest BCUT2D eigenvalue weighted by atomic mass is 16.5. The maximum Gasteiger partial charge on any atom is 0.255 e. The molecule has 0 saturated heterocycles. The lowest BCUT2D eigenvalue weighted by Crippen LogP contribution is -2.24. The van der Waals surface area contributed by atoms with Gasteiger partial charge in [0.25, 0.3) is 11.8 Å². The van der Waals surface area contributed by atoms with E-state index in [-0.39, 0.29) is 11.8 Å². The number of benzene rings is 3. The number of nitrogens with one attached hydrogen (secondary N) is 1. The Morgan fingerprint density at radius 1 is 0.806 bits per heavy atom. The van der Waals surface area contributed by atoms with E-state index in [0.717, 1.165) is 11.3 Å². The quantitative estimate of drug-likeness (QED) is 0.537. The largest absolute Gasteiger partial charge is 0.490 e. The van der Waals surface area contributed by atoms with Gasteiger partial charge >= 0.3 is 0 Å². The van der Waals surface area contributed by atoms with Crippen molar-refractivity contribution in [2.45, 2.75) is 6.54 Å². The summed E-state index contributed by atoms with van der Waals surface area (Å²) in [6.07, 6.45) is 0. The molecule has 0 aromatic heterocycles. The van der Waals surface area contributed by atoms with Gasteiger partial charge in [0.2, 0.25) is 0 Å². The minimum absolute atomic E-state index is 0.0575. The highest BCUT2D eigenvalue weighted by Gasteiger charge is 2.12. The van der Waals surface area contributed by atoms with Crippen LogP contribution in [0.25, 0.3) is 0 Å². The van der Waals surface area contributed by atoms with Crippen LogP contribution in [0.2, 0.25) is 0 Å². The molecule has 2 amide bonds. The first kappa shape index (κ1) is 21.9. The van der Waals surface area contributed by atoms with E-state index in [1.165, 1.54) is 4.90 Å². The minimum Gasteiger partial charge on any atom is -0.490 e. The van der Waals surface area contributed by atoms with Gasteiger partial charge in [0.05, 0.1) is 5.56 Å². The zero-order valence-electron chi connectivity index (χ0n) is 17.7. The predicted octanol–water partition coefficient (Wildman–Crippen LogP) is 3.78. The van der Waals surface area contributed by atoms with Gasteiger partial charge in [-0.2, -0.15) is 0 Å². The maximum atomic E-state index is 12.7. The molecular formula is C25H26N2O4. The lowest BCUT2D eigenvalue weighted by molar-refractivity contribution is 0.0827. The van der Waals surface area contributed by atoms with Gasteiger partial charge in [-0.05, 0) is 42.0 Å². The van der Waals surface area contributed by atoms with E-state index >= 15 is 0 Å². The summed E-state index contributed by atoms with van der Waals surface area (Å²) in [7, 11) is 3.42. The zero-order valence-corrected chi connectivity index (χ0v) is 17.7. The molecule has 0 fully saturated rings. The summed E-state index contributed by atoms with van der Waals surface area (Å²) in [6.45, 7) is 1.04. The first-order valence-electron chi connectivity index (χ1n) is 10.0. The van der Waals surface area contributed by atoms with E-state index in [4.69, 9.17) is 9.47 Å². The fourth-order valence-electron chi connectivity index (χ4n) is 2.91. The molecule has 3 rings (SSSR count). The van der Waals surface area contributed by atoms with Gasteiger partial charge in [0.1, 0.15) is 24.7 Å². The van der Waals surface area contributed by atoms with E-state index in [1.807, 2.05) is 48.5 Å². The van der Waals surface area contributed by atoms with Crippen LogP contribution in [-0.4, -0.2) is 44.0 Å². The molecule has 0 heterocycles. The number of rotatable bonds is 9. The first-order chi connectivity index (χ1) is 15.0. The number of para-hydroxylation sites is 2. The van der Waals surface area contributed by atoms with Crippen LogP contribution in [-0.2, 0) is 6.54 Å². The SMILES string of the molecule is CN(C)C(=O)c1ccc(CNC(=O)c2ccccc2OCCOc2ccccc2)cc1. The molecule has 0 aliphatic rings. The lowest BCUT2D eigenvalue weighted by Gasteiger charge is -2.13. The van der Waals surface area contributed by atoms with Gasteiger partial charge in [0.15, 0.2) is 0 Å². The lowest BCUT2D eigenvalue weighted by atomic mass is 10.1. The Hall–Kier alpha value is -3.80. The van der Waals surface area contributed by atoms with Gasteiger partial charge in [-0.1, -0.05) is 42.5 Å². The second-order valence-electron chi connectivity index (χ2n) is 7.09. The molecule has 0 bridgehead atoms. The van der Waals surface area contributed by atoms with Crippen molar-refractivity contribution in [1.29, 1.82) is 0 Å². The minimum atomic E-state index is -0.229. The number of carbonyl (C=O) groups is 2. The highest BCUT2D eigenvalue weighted by Crippen LogP contribution is 2.18. The third-order valence-corrected chi connectivity index (χ3v) is 4.54. The van der Waals surface area contributed by atoms with E-state index in [2.05, 4.69) is 5.32 Å². The predicted molar refractivity (Wildman–Crippen MR) is 120 cm³/mol. The van der Waals surface area contributed by atoms with E-state index in [1.54, 1.807) is 44.4 Å². The van der Waals surface area contributed by atoms with Gasteiger partial charge in [-0.25, -0.2) is 0 Å². The Morgan fingerprint density at radius 3 is 2.16 bits per heavy atom. The van der Waals surface area contributed by atoms with Crippen molar-refractivity contribution >= 4 is 11.8 Å². The van der Waals surface area contributed by atoms with Crippen LogP contribution in [0.4, 0.5) is 0 Å². The average molecular weight is 418 g/mol. The molecule has 0 unspecified atom stereocenters. The van der Waals surface area contributed by atoms with Crippen LogP contribution in [0.15, 0.2) is 78.9 Å². The molecule has 31 heavy (non-hydrogen) atoms. The van der Waals surface area contributed by atoms with Gasteiger partial charge in [0, 0.05) is 26.2 Å². The van der Waals surface area contributed by atoms with Crippen molar-refractivity contribution in [2.24, 2.45) is 0 Å². The van der Waals surface area contributed by atoms with Crippen LogP contribution < -0.4 is 14.8 Å². The normalized spacial score (nSPS) is 10.3. The van der Waals surface area contributed by atoms with Crippen LogP contribution in [0.1, 0.15) is 26.3 Å². The molecule has 0 aliphatic carbocycles. The summed E-state index contributed by atoms with van der Waals surface area (Å²) in [5.41, 5.74) is 1.97. The first-order valence-corrected chi connectivity index (χ1v) is 10.0. The fourth-order valence-corrected chi connectivity index (χ4v) is 2.91. The molecule has 3 aromatic carbocycles. The molecule has 1 N–H and O–H groups in total. The second kappa shape index (κ2) is 10.8. The number of hydrogen-bond acceptors (Lipinski definition) is 4. The average Bonchev–Trinajstić information content (AvgIpc) is 2.81. The molecule has 160 valence electrons. The number of carbonyl (C=O) groups excluding carboxylic acids is 2. The summed E-state index contributed by atoms with van der Waals surface area (Å²) in [5.74, 6) is 0.991. The molecule has 0 radical (unpaired) electrons. The van der Waals surface area contributed by atoms with Crippen molar-refractivity contribution in [2.75, 3.05) is 27.3 Å². The molecule has 6 nitrogen and oxygen atoms in total. The number of nitrogens with zero attached hydrogens (tertiary/aromatic N) is 1. The molecule has 0 saturated carbocycles. The second-order valence-corrected chi connectivity index (χ2v) is 7.09. The third kappa shape index (κ3) is 6.34. The van der Waals surface area contributed by atoms with Crippen LogP contribution in [0.3, 0.4) is 0 Å². The highest BCUT2D eigenvalue weighted by molar-refractivity contribution is 5.97. The molecule has 0 atom stereocenters. The van der Waals surface area contributed by atoms with E-state index in [0.29, 0.717) is 36.6 Å². The molecule has 0 aliphatic heterocycles. The van der Waals surface area contributed by atoms with E-state index in [9.17, 15) is 9.59 Å². The Labute approximate surface area is 182 Å². The monoisotopic (exact) mass is 418 g/mol. The Kier molecular flexibility index (Phi) is 7.65. The summed E-state index contributed by atoms with van der Waals surface area (Å²) in [4.78, 5) is 26.2. The standard InChI is InChI=1S/C25H26N2O4/c1-27(2)25(29)20-14-12-19(13-15-20)18-26-24(28)22-10-6-7-11-23(22)31-17-16-30-21-8-4-3-5-9-21/h3-15H,16-18H2,1-2H3,(H,26,28). The Balaban J connectivity index is 1.53. The van der Waals surface area contributed by atoms with Crippen LogP contribution in [0, 0.1) is 0 Å². The third-order valence-electron chi connectivity index (χ3n) is 4.54. The molecule has 6 heteroatoms. The van der Waals surface area contributed by atoms with Crippen molar-refractivity contribution in [3.8, 4) is 11.5 Å². The van der Waals surface area contributed by atoms with E-state index < -0.39 is 0 Å².